The van der Waals surface area contributed by atoms with Gasteiger partial charge in [-0.15, -0.1) is 0 Å². The summed E-state index contributed by atoms with van der Waals surface area (Å²) in [5.41, 5.74) is 0.407. The summed E-state index contributed by atoms with van der Waals surface area (Å²) in [4.78, 5) is 23.7. The highest BCUT2D eigenvalue weighted by Gasteiger charge is 2.35. The normalized spacial score (nSPS) is 22.8. The van der Waals surface area contributed by atoms with Crippen molar-refractivity contribution in [3.8, 4) is 0 Å². The molecule has 5 nitrogen and oxygen atoms in total. The van der Waals surface area contributed by atoms with Gasteiger partial charge in [0.15, 0.2) is 0 Å². The summed E-state index contributed by atoms with van der Waals surface area (Å²) in [5, 5.41) is 12.1. The highest BCUT2D eigenvalue weighted by molar-refractivity contribution is 5.83. The van der Waals surface area contributed by atoms with Gasteiger partial charge in [-0.05, 0) is 31.7 Å². The van der Waals surface area contributed by atoms with Crippen molar-refractivity contribution in [3.63, 3.8) is 0 Å². The van der Waals surface area contributed by atoms with Gasteiger partial charge in [0.05, 0.1) is 17.9 Å². The van der Waals surface area contributed by atoms with Gasteiger partial charge in [-0.3, -0.25) is 9.59 Å². The lowest BCUT2D eigenvalue weighted by molar-refractivity contribution is -0.142. The number of rotatable bonds is 6. The van der Waals surface area contributed by atoms with Crippen molar-refractivity contribution in [1.29, 1.82) is 0 Å². The minimum atomic E-state index is -0.894. The topological polar surface area (TPSA) is 75.6 Å². The second kappa shape index (κ2) is 7.40. The van der Waals surface area contributed by atoms with E-state index in [1.807, 2.05) is 37.3 Å². The molecule has 1 aliphatic heterocycles. The average Bonchev–Trinajstić information content (AvgIpc) is 2.52. The number of carboxylic acids is 1. The van der Waals surface area contributed by atoms with Crippen LogP contribution in [-0.4, -0.2) is 36.7 Å². The molecule has 1 fully saturated rings. The zero-order valence-corrected chi connectivity index (χ0v) is 12.9. The summed E-state index contributed by atoms with van der Waals surface area (Å²) in [5.74, 6) is -1.64. The highest BCUT2D eigenvalue weighted by atomic mass is 16.5. The second-order valence-electron chi connectivity index (χ2n) is 6.15. The minimum absolute atomic E-state index is 0.119. The quantitative estimate of drug-likeness (QED) is 0.841. The molecule has 0 aromatic heterocycles. The Morgan fingerprint density at radius 1 is 1.36 bits per heavy atom. The second-order valence-corrected chi connectivity index (χ2v) is 6.15. The Morgan fingerprint density at radius 3 is 2.68 bits per heavy atom. The number of nitrogens with one attached hydrogen (secondary N) is 1. The molecular weight excluding hydrogens is 282 g/mol. The molecule has 1 aliphatic rings. The smallest absolute Gasteiger partial charge is 0.308 e. The molecule has 2 unspecified atom stereocenters. The number of carbonyl (C=O) groups excluding carboxylic acids is 1. The van der Waals surface area contributed by atoms with Crippen LogP contribution >= 0.6 is 0 Å². The van der Waals surface area contributed by atoms with E-state index in [9.17, 15) is 14.7 Å². The molecule has 2 rings (SSSR count). The first-order valence-corrected chi connectivity index (χ1v) is 7.64. The Labute approximate surface area is 130 Å². The van der Waals surface area contributed by atoms with Gasteiger partial charge in [0.25, 0.3) is 0 Å². The molecule has 2 atom stereocenters. The van der Waals surface area contributed by atoms with E-state index in [0.717, 1.165) is 18.4 Å². The molecule has 1 heterocycles. The van der Waals surface area contributed by atoms with Crippen molar-refractivity contribution < 1.29 is 19.4 Å². The minimum Gasteiger partial charge on any atom is -0.481 e. The Kier molecular flexibility index (Phi) is 5.55. The van der Waals surface area contributed by atoms with Gasteiger partial charge in [-0.1, -0.05) is 30.3 Å². The van der Waals surface area contributed by atoms with Crippen molar-refractivity contribution in [1.82, 2.24) is 5.32 Å². The van der Waals surface area contributed by atoms with Crippen LogP contribution in [0.2, 0.25) is 0 Å². The molecule has 1 aromatic carbocycles. The van der Waals surface area contributed by atoms with Crippen LogP contribution < -0.4 is 5.32 Å². The molecule has 0 radical (unpaired) electrons. The van der Waals surface area contributed by atoms with Gasteiger partial charge in [0.2, 0.25) is 5.91 Å². The molecule has 0 saturated carbocycles. The number of carboxylic acid groups (broad SMARTS) is 1. The fourth-order valence-electron chi connectivity index (χ4n) is 2.69. The monoisotopic (exact) mass is 305 g/mol. The molecule has 0 spiro atoms. The van der Waals surface area contributed by atoms with Gasteiger partial charge in [0.1, 0.15) is 0 Å². The van der Waals surface area contributed by atoms with Gasteiger partial charge >= 0.3 is 5.97 Å². The molecular formula is C17H23NO4. The zero-order valence-electron chi connectivity index (χ0n) is 12.9. The first-order valence-electron chi connectivity index (χ1n) is 7.64. The molecule has 0 bridgehead atoms. The van der Waals surface area contributed by atoms with E-state index in [-0.39, 0.29) is 12.5 Å². The first-order chi connectivity index (χ1) is 10.5. The number of benzene rings is 1. The summed E-state index contributed by atoms with van der Waals surface area (Å²) in [6.45, 7) is 3.09. The van der Waals surface area contributed by atoms with E-state index in [4.69, 9.17) is 4.74 Å². The molecule has 2 N–H and O–H groups in total. The van der Waals surface area contributed by atoms with Crippen molar-refractivity contribution in [2.45, 2.75) is 26.2 Å². The summed E-state index contributed by atoms with van der Waals surface area (Å²) < 4.78 is 5.38. The Hall–Kier alpha value is -1.88. The van der Waals surface area contributed by atoms with Crippen LogP contribution in [0.4, 0.5) is 0 Å². The fraction of sp³-hybridized carbons (Fsp3) is 0.529. The van der Waals surface area contributed by atoms with Crippen LogP contribution in [0.5, 0.6) is 0 Å². The van der Waals surface area contributed by atoms with E-state index in [1.165, 1.54) is 0 Å². The van der Waals surface area contributed by atoms with Crippen LogP contribution in [0.15, 0.2) is 30.3 Å². The summed E-state index contributed by atoms with van der Waals surface area (Å²) >= 11 is 0. The third-order valence-electron chi connectivity index (χ3n) is 4.17. The first kappa shape index (κ1) is 16.5. The average molecular weight is 305 g/mol. The van der Waals surface area contributed by atoms with Gasteiger partial charge in [0, 0.05) is 13.2 Å². The Morgan fingerprint density at radius 2 is 2.09 bits per heavy atom. The van der Waals surface area contributed by atoms with E-state index < -0.39 is 17.3 Å². The van der Waals surface area contributed by atoms with E-state index in [1.54, 1.807) is 0 Å². The summed E-state index contributed by atoms with van der Waals surface area (Å²) in [7, 11) is 0. The van der Waals surface area contributed by atoms with Gasteiger partial charge in [-0.2, -0.15) is 0 Å². The largest absolute Gasteiger partial charge is 0.481 e. The van der Waals surface area contributed by atoms with Crippen molar-refractivity contribution >= 4 is 11.9 Å². The third kappa shape index (κ3) is 4.31. The number of hydrogen-bond acceptors (Lipinski definition) is 3. The Bertz CT molecular complexity index is 509. The van der Waals surface area contributed by atoms with Crippen LogP contribution in [-0.2, 0) is 20.7 Å². The lowest BCUT2D eigenvalue weighted by Crippen LogP contribution is -2.46. The van der Waals surface area contributed by atoms with Gasteiger partial charge in [-0.25, -0.2) is 0 Å². The van der Waals surface area contributed by atoms with Crippen LogP contribution in [0, 0.1) is 11.3 Å². The maximum absolute atomic E-state index is 12.3. The number of aliphatic carboxylic acids is 1. The lowest BCUT2D eigenvalue weighted by atomic mass is 9.83. The molecule has 0 aliphatic carbocycles. The summed E-state index contributed by atoms with van der Waals surface area (Å²) in [6, 6.07) is 9.45. The van der Waals surface area contributed by atoms with Gasteiger partial charge < -0.3 is 15.2 Å². The maximum Gasteiger partial charge on any atom is 0.308 e. The standard InChI is InChI=1S/C17H23NO4/c1-17(8-5-9-22-12-17)16(21)18-11-14(15(19)20)10-13-6-3-2-4-7-13/h2-4,6-7,14H,5,8-12H2,1H3,(H,18,21)(H,19,20). The predicted molar refractivity (Wildman–Crippen MR) is 82.4 cm³/mol. The molecule has 1 saturated heterocycles. The van der Waals surface area contributed by atoms with Crippen molar-refractivity contribution in [2.75, 3.05) is 19.8 Å². The Balaban J connectivity index is 1.91. The van der Waals surface area contributed by atoms with E-state index >= 15 is 0 Å². The highest BCUT2D eigenvalue weighted by Crippen LogP contribution is 2.28. The lowest BCUT2D eigenvalue weighted by Gasteiger charge is -2.32. The third-order valence-corrected chi connectivity index (χ3v) is 4.17. The zero-order chi connectivity index (χ0) is 16.0. The number of carbonyl (C=O) groups is 2. The SMILES string of the molecule is CC1(C(=O)NCC(Cc2ccccc2)C(=O)O)CCCOC1. The van der Waals surface area contributed by atoms with Crippen LogP contribution in [0.25, 0.3) is 0 Å². The van der Waals surface area contributed by atoms with E-state index in [2.05, 4.69) is 5.32 Å². The molecule has 120 valence electrons. The van der Waals surface area contributed by atoms with Crippen LogP contribution in [0.3, 0.4) is 0 Å². The van der Waals surface area contributed by atoms with Crippen molar-refractivity contribution in [2.24, 2.45) is 11.3 Å². The van der Waals surface area contributed by atoms with Crippen molar-refractivity contribution in [3.05, 3.63) is 35.9 Å². The summed E-state index contributed by atoms with van der Waals surface area (Å²) in [6.07, 6.45) is 2.04. The molecule has 1 amide bonds. The number of ether oxygens (including phenoxy) is 1. The maximum atomic E-state index is 12.3. The predicted octanol–water partition coefficient (Wildman–Crippen LogP) is 1.86. The van der Waals surface area contributed by atoms with E-state index in [0.29, 0.717) is 19.6 Å². The number of amides is 1. The fourth-order valence-corrected chi connectivity index (χ4v) is 2.69. The molecule has 22 heavy (non-hydrogen) atoms. The number of hydrogen-bond donors (Lipinski definition) is 2. The van der Waals surface area contributed by atoms with Crippen LogP contribution in [0.1, 0.15) is 25.3 Å². The molecule has 1 aromatic rings. The molecule has 5 heteroatoms.